The largest absolute Gasteiger partial charge is 0.305 e. The van der Waals surface area contributed by atoms with E-state index in [0.29, 0.717) is 5.56 Å². The second-order valence-corrected chi connectivity index (χ2v) is 3.76. The summed E-state index contributed by atoms with van der Waals surface area (Å²) in [7, 11) is 0. The lowest BCUT2D eigenvalue weighted by Crippen LogP contribution is -2.36. The smallest absolute Gasteiger partial charge is 0.253 e. The topological polar surface area (TPSA) is 77.1 Å². The van der Waals surface area contributed by atoms with Crippen LogP contribution in [0.15, 0.2) is 21.5 Å². The number of nitrogens with zero attached hydrogens (tertiary/aromatic N) is 1. The Morgan fingerprint density at radius 1 is 1.71 bits per heavy atom. The molecule has 6 heteroatoms. The van der Waals surface area contributed by atoms with Gasteiger partial charge in [0, 0.05) is 16.2 Å². The predicted molar refractivity (Wildman–Crippen MR) is 55.5 cm³/mol. The van der Waals surface area contributed by atoms with E-state index in [2.05, 4.69) is 15.9 Å². The molecule has 0 aliphatic carbocycles. The molecule has 1 aromatic rings. The molecule has 0 fully saturated rings. The highest BCUT2D eigenvalue weighted by Crippen LogP contribution is 2.07. The summed E-state index contributed by atoms with van der Waals surface area (Å²) in [5.41, 5.74) is 2.34. The molecule has 5 nitrogen and oxygen atoms in total. The zero-order chi connectivity index (χ0) is 10.7. The number of halogens is 1. The molecule has 14 heavy (non-hydrogen) atoms. The van der Waals surface area contributed by atoms with Crippen LogP contribution < -0.4 is 16.8 Å². The first-order valence-electron chi connectivity index (χ1n) is 3.90. The van der Waals surface area contributed by atoms with Gasteiger partial charge in [-0.3, -0.25) is 15.0 Å². The number of carbonyl (C=O) groups excluding carboxylic acids is 1. The van der Waals surface area contributed by atoms with Gasteiger partial charge in [-0.15, -0.1) is 0 Å². The number of hydrazine groups is 1. The summed E-state index contributed by atoms with van der Waals surface area (Å²) in [5.74, 6) is 4.51. The van der Waals surface area contributed by atoms with Gasteiger partial charge in [-0.1, -0.05) is 0 Å². The number of aryl methyl sites for hydroxylation is 1. The predicted octanol–water partition coefficient (Wildman–Crippen LogP) is -0.0909. The summed E-state index contributed by atoms with van der Waals surface area (Å²) in [4.78, 5) is 22.4. The number of rotatable bonds is 2. The third-order valence-electron chi connectivity index (χ3n) is 1.71. The molecule has 0 radical (unpaired) electrons. The third-order valence-corrected chi connectivity index (χ3v) is 2.14. The van der Waals surface area contributed by atoms with Crippen molar-refractivity contribution in [2.45, 2.75) is 13.5 Å². The molecular formula is C8H10BrN3O2. The molecule has 0 aliphatic rings. The maximum Gasteiger partial charge on any atom is 0.253 e. The Hall–Kier alpha value is -1.14. The fourth-order valence-electron chi connectivity index (χ4n) is 1.06. The Morgan fingerprint density at radius 3 is 2.93 bits per heavy atom. The number of hydrogen-bond donors (Lipinski definition) is 2. The number of nitrogens with one attached hydrogen (secondary N) is 1. The van der Waals surface area contributed by atoms with Crippen molar-refractivity contribution < 1.29 is 4.79 Å². The van der Waals surface area contributed by atoms with Crippen LogP contribution in [0, 0.1) is 6.92 Å². The van der Waals surface area contributed by atoms with E-state index in [1.165, 1.54) is 4.57 Å². The molecular weight excluding hydrogens is 250 g/mol. The molecule has 1 rings (SSSR count). The summed E-state index contributed by atoms with van der Waals surface area (Å²) in [6, 6.07) is 1.69. The van der Waals surface area contributed by atoms with E-state index in [1.807, 2.05) is 5.43 Å². The fourth-order valence-corrected chi connectivity index (χ4v) is 1.65. The van der Waals surface area contributed by atoms with Crippen molar-refractivity contribution in [2.75, 3.05) is 0 Å². The molecule has 0 unspecified atom stereocenters. The van der Waals surface area contributed by atoms with Crippen molar-refractivity contribution in [2.24, 2.45) is 5.84 Å². The number of aromatic nitrogens is 1. The first-order chi connectivity index (χ1) is 6.54. The number of carbonyl (C=O) groups is 1. The van der Waals surface area contributed by atoms with Crippen LogP contribution >= 0.6 is 15.9 Å². The monoisotopic (exact) mass is 259 g/mol. The Kier molecular flexibility index (Phi) is 3.43. The van der Waals surface area contributed by atoms with E-state index in [9.17, 15) is 9.59 Å². The highest BCUT2D eigenvalue weighted by Gasteiger charge is 2.05. The molecule has 0 aliphatic heterocycles. The lowest BCUT2D eigenvalue weighted by Gasteiger charge is -2.06. The molecule has 1 aromatic heterocycles. The number of pyridine rings is 1. The highest BCUT2D eigenvalue weighted by molar-refractivity contribution is 9.10. The Bertz CT molecular complexity index is 414. The van der Waals surface area contributed by atoms with Crippen molar-refractivity contribution in [1.82, 2.24) is 9.99 Å². The van der Waals surface area contributed by atoms with Gasteiger partial charge in [0.05, 0.1) is 0 Å². The molecule has 1 amide bonds. The van der Waals surface area contributed by atoms with Crippen LogP contribution in [-0.2, 0) is 11.3 Å². The average molecular weight is 260 g/mol. The van der Waals surface area contributed by atoms with Gasteiger partial charge in [-0.2, -0.15) is 0 Å². The van der Waals surface area contributed by atoms with E-state index < -0.39 is 5.91 Å². The van der Waals surface area contributed by atoms with Gasteiger partial charge in [0.2, 0.25) is 0 Å². The van der Waals surface area contributed by atoms with E-state index in [0.717, 1.165) is 4.47 Å². The van der Waals surface area contributed by atoms with Crippen molar-refractivity contribution >= 4 is 21.8 Å². The molecule has 76 valence electrons. The number of amides is 1. The molecule has 0 aromatic carbocycles. The highest BCUT2D eigenvalue weighted by atomic mass is 79.9. The standard InChI is InChI=1S/C8H10BrN3O2/c1-5-2-6(9)3-12(8(5)14)4-7(13)11-10/h2-3H,4,10H2,1H3,(H,11,13). The maximum absolute atomic E-state index is 11.5. The summed E-state index contributed by atoms with van der Waals surface area (Å²) in [6.07, 6.45) is 1.55. The second kappa shape index (κ2) is 4.39. The van der Waals surface area contributed by atoms with E-state index in [4.69, 9.17) is 5.84 Å². The van der Waals surface area contributed by atoms with Crippen molar-refractivity contribution in [3.05, 3.63) is 32.7 Å². The van der Waals surface area contributed by atoms with E-state index >= 15 is 0 Å². The van der Waals surface area contributed by atoms with Gasteiger partial charge in [-0.25, -0.2) is 5.84 Å². The first-order valence-corrected chi connectivity index (χ1v) is 4.70. The summed E-state index contributed by atoms with van der Waals surface area (Å²) >= 11 is 3.24. The summed E-state index contributed by atoms with van der Waals surface area (Å²) in [5, 5.41) is 0. The van der Waals surface area contributed by atoms with Crippen LogP contribution in [0.5, 0.6) is 0 Å². The van der Waals surface area contributed by atoms with Gasteiger partial charge in [0.25, 0.3) is 11.5 Å². The SMILES string of the molecule is Cc1cc(Br)cn(CC(=O)NN)c1=O. The van der Waals surface area contributed by atoms with Crippen LogP contribution in [0.3, 0.4) is 0 Å². The lowest BCUT2D eigenvalue weighted by atomic mass is 10.3. The Morgan fingerprint density at radius 2 is 2.36 bits per heavy atom. The van der Waals surface area contributed by atoms with Crippen molar-refractivity contribution in [3.63, 3.8) is 0 Å². The fraction of sp³-hybridized carbons (Fsp3) is 0.250. The summed E-state index contributed by atoms with van der Waals surface area (Å²) < 4.78 is 2.04. The number of hydrogen-bond acceptors (Lipinski definition) is 3. The van der Waals surface area contributed by atoms with Crippen LogP contribution in [0.2, 0.25) is 0 Å². The van der Waals surface area contributed by atoms with E-state index in [1.54, 1.807) is 19.2 Å². The van der Waals surface area contributed by atoms with Crippen LogP contribution in [0.1, 0.15) is 5.56 Å². The maximum atomic E-state index is 11.5. The molecule has 0 bridgehead atoms. The third kappa shape index (κ3) is 2.43. The first kappa shape index (κ1) is 10.9. The lowest BCUT2D eigenvalue weighted by molar-refractivity contribution is -0.121. The Balaban J connectivity index is 3.09. The van der Waals surface area contributed by atoms with Crippen LogP contribution in [0.4, 0.5) is 0 Å². The minimum atomic E-state index is -0.412. The van der Waals surface area contributed by atoms with E-state index in [-0.39, 0.29) is 12.1 Å². The van der Waals surface area contributed by atoms with Crippen LogP contribution in [0.25, 0.3) is 0 Å². The van der Waals surface area contributed by atoms with Crippen molar-refractivity contribution in [3.8, 4) is 0 Å². The molecule has 0 saturated heterocycles. The zero-order valence-corrected chi connectivity index (χ0v) is 9.17. The minimum Gasteiger partial charge on any atom is -0.305 e. The minimum absolute atomic E-state index is 0.0738. The number of nitrogens with two attached hydrogens (primary N) is 1. The van der Waals surface area contributed by atoms with Gasteiger partial charge in [0.15, 0.2) is 0 Å². The normalized spacial score (nSPS) is 9.93. The summed E-state index contributed by atoms with van der Waals surface area (Å²) in [6.45, 7) is 1.61. The van der Waals surface area contributed by atoms with Crippen molar-refractivity contribution in [1.29, 1.82) is 0 Å². The molecule has 0 saturated carbocycles. The molecule has 0 atom stereocenters. The molecule has 0 spiro atoms. The molecule has 1 heterocycles. The molecule has 3 N–H and O–H groups in total. The van der Waals surface area contributed by atoms with Gasteiger partial charge in [0.1, 0.15) is 6.54 Å². The van der Waals surface area contributed by atoms with Gasteiger partial charge < -0.3 is 4.57 Å². The average Bonchev–Trinajstić information content (AvgIpc) is 2.13. The van der Waals surface area contributed by atoms with Gasteiger partial charge >= 0.3 is 0 Å². The van der Waals surface area contributed by atoms with Gasteiger partial charge in [-0.05, 0) is 28.9 Å². The quantitative estimate of drug-likeness (QED) is 0.443. The Labute approximate surface area is 89.0 Å². The van der Waals surface area contributed by atoms with Crippen LogP contribution in [-0.4, -0.2) is 10.5 Å². The second-order valence-electron chi connectivity index (χ2n) is 2.84. The zero-order valence-electron chi connectivity index (χ0n) is 7.58.